The van der Waals surface area contributed by atoms with Crippen molar-refractivity contribution in [1.29, 1.82) is 0 Å². The van der Waals surface area contributed by atoms with Crippen LogP contribution in [0.15, 0.2) is 41.8 Å². The molecule has 9 heteroatoms. The number of methoxy groups -OCH3 is 2. The van der Waals surface area contributed by atoms with Crippen LogP contribution in [0, 0.1) is 12.7 Å². The van der Waals surface area contributed by atoms with Gasteiger partial charge in [0, 0.05) is 22.7 Å². The van der Waals surface area contributed by atoms with Crippen molar-refractivity contribution in [1.82, 2.24) is 4.98 Å². The van der Waals surface area contributed by atoms with Gasteiger partial charge in [-0.15, -0.1) is 11.3 Å². The number of benzene rings is 2. The van der Waals surface area contributed by atoms with Crippen LogP contribution in [0.1, 0.15) is 26.4 Å². The Hall–Kier alpha value is -3.46. The Morgan fingerprint density at radius 1 is 1.00 bits per heavy atom. The Labute approximate surface area is 170 Å². The van der Waals surface area contributed by atoms with Gasteiger partial charge in [-0.2, -0.15) is 0 Å². The largest absolute Gasteiger partial charge is 0.497 e. The molecule has 0 aliphatic rings. The average molecular weight is 415 g/mol. The fourth-order valence-electron chi connectivity index (χ4n) is 2.41. The summed E-state index contributed by atoms with van der Waals surface area (Å²) in [7, 11) is 2.98. The van der Waals surface area contributed by atoms with Crippen molar-refractivity contribution < 1.29 is 23.5 Å². The van der Waals surface area contributed by atoms with E-state index < -0.39 is 17.6 Å². The van der Waals surface area contributed by atoms with Crippen molar-refractivity contribution in [3.8, 4) is 11.5 Å². The van der Waals surface area contributed by atoms with E-state index in [1.54, 1.807) is 37.3 Å². The van der Waals surface area contributed by atoms with Crippen LogP contribution < -0.4 is 20.1 Å². The Kier molecular flexibility index (Phi) is 6.08. The molecule has 1 aromatic heterocycles. The first-order valence-electron chi connectivity index (χ1n) is 8.47. The number of halogens is 1. The minimum absolute atomic E-state index is 0.106. The zero-order valence-electron chi connectivity index (χ0n) is 15.9. The molecule has 0 fully saturated rings. The highest BCUT2D eigenvalue weighted by atomic mass is 32.1. The molecule has 0 atom stereocenters. The lowest BCUT2D eigenvalue weighted by atomic mass is 10.2. The van der Waals surface area contributed by atoms with E-state index in [2.05, 4.69) is 15.6 Å². The molecule has 0 saturated carbocycles. The number of hydrogen-bond acceptors (Lipinski definition) is 6. The molecule has 2 aromatic carbocycles. The van der Waals surface area contributed by atoms with Gasteiger partial charge in [-0.1, -0.05) is 6.07 Å². The number of carbonyl (C=O) groups is 2. The van der Waals surface area contributed by atoms with E-state index in [4.69, 9.17) is 9.47 Å². The Balaban J connectivity index is 1.70. The van der Waals surface area contributed by atoms with Gasteiger partial charge < -0.3 is 14.8 Å². The van der Waals surface area contributed by atoms with Crippen molar-refractivity contribution in [3.05, 3.63) is 64.4 Å². The van der Waals surface area contributed by atoms with Crippen LogP contribution in [-0.4, -0.2) is 31.0 Å². The number of anilines is 2. The minimum Gasteiger partial charge on any atom is -0.497 e. The third-order valence-electron chi connectivity index (χ3n) is 4.00. The predicted molar refractivity (Wildman–Crippen MR) is 109 cm³/mol. The molecule has 0 aliphatic carbocycles. The number of nitrogens with zero attached hydrogens (tertiary/aromatic N) is 1. The molecule has 29 heavy (non-hydrogen) atoms. The standard InChI is InChI=1S/C20H18FN3O4S/c1-11-4-5-13(8-16(11)21)22-19(26)17-10-29-20(23-17)24-18(25)12-6-14(27-2)9-15(7-12)28-3/h4-10H,1-3H3,(H,22,26)(H,23,24,25). The quantitative estimate of drug-likeness (QED) is 0.632. The topological polar surface area (TPSA) is 89.6 Å². The van der Waals surface area contributed by atoms with Gasteiger partial charge in [0.05, 0.1) is 14.2 Å². The summed E-state index contributed by atoms with van der Waals surface area (Å²) in [4.78, 5) is 28.9. The maximum Gasteiger partial charge on any atom is 0.275 e. The van der Waals surface area contributed by atoms with Crippen LogP contribution in [0.2, 0.25) is 0 Å². The molecule has 1 heterocycles. The van der Waals surface area contributed by atoms with Crippen molar-refractivity contribution >= 4 is 34.0 Å². The first kappa shape index (κ1) is 20.3. The van der Waals surface area contributed by atoms with Gasteiger partial charge in [-0.3, -0.25) is 14.9 Å². The lowest BCUT2D eigenvalue weighted by Gasteiger charge is -2.08. The second-order valence-corrected chi connectivity index (χ2v) is 6.87. The summed E-state index contributed by atoms with van der Waals surface area (Å²) in [5.74, 6) is -0.405. The summed E-state index contributed by atoms with van der Waals surface area (Å²) < 4.78 is 23.9. The normalized spacial score (nSPS) is 10.3. The van der Waals surface area contributed by atoms with Crippen molar-refractivity contribution in [2.24, 2.45) is 0 Å². The number of aromatic nitrogens is 1. The van der Waals surface area contributed by atoms with Gasteiger partial charge in [-0.05, 0) is 36.8 Å². The number of rotatable bonds is 6. The zero-order valence-corrected chi connectivity index (χ0v) is 16.7. The highest BCUT2D eigenvalue weighted by Gasteiger charge is 2.15. The summed E-state index contributed by atoms with van der Waals surface area (Å²) in [6.45, 7) is 1.63. The molecule has 3 aromatic rings. The Morgan fingerprint density at radius 3 is 2.31 bits per heavy atom. The van der Waals surface area contributed by atoms with Crippen molar-refractivity contribution in [3.63, 3.8) is 0 Å². The number of amides is 2. The smallest absolute Gasteiger partial charge is 0.275 e. The molecule has 7 nitrogen and oxygen atoms in total. The summed E-state index contributed by atoms with van der Waals surface area (Å²) >= 11 is 1.10. The van der Waals surface area contributed by atoms with Gasteiger partial charge in [0.1, 0.15) is 23.0 Å². The average Bonchev–Trinajstić information content (AvgIpc) is 3.18. The van der Waals surface area contributed by atoms with Crippen molar-refractivity contribution in [2.45, 2.75) is 6.92 Å². The van der Waals surface area contributed by atoms with E-state index in [0.29, 0.717) is 28.3 Å². The first-order valence-corrected chi connectivity index (χ1v) is 9.35. The summed E-state index contributed by atoms with van der Waals surface area (Å²) in [5, 5.41) is 6.96. The molecule has 0 aliphatic heterocycles. The molecule has 0 unspecified atom stereocenters. The van der Waals surface area contributed by atoms with Crippen LogP contribution in [0.5, 0.6) is 11.5 Å². The number of nitrogens with one attached hydrogen (secondary N) is 2. The molecule has 2 amide bonds. The first-order chi connectivity index (χ1) is 13.9. The van der Waals surface area contributed by atoms with E-state index in [-0.39, 0.29) is 10.8 Å². The van der Waals surface area contributed by atoms with Crippen LogP contribution in [0.3, 0.4) is 0 Å². The fraction of sp³-hybridized carbons (Fsp3) is 0.150. The van der Waals surface area contributed by atoms with E-state index in [0.717, 1.165) is 11.3 Å². The Morgan fingerprint density at radius 2 is 1.69 bits per heavy atom. The fourth-order valence-corrected chi connectivity index (χ4v) is 3.09. The molecule has 3 rings (SSSR count). The van der Waals surface area contributed by atoms with Gasteiger partial charge in [0.15, 0.2) is 5.13 Å². The summed E-state index contributed by atoms with van der Waals surface area (Å²) in [6, 6.07) is 9.17. The summed E-state index contributed by atoms with van der Waals surface area (Å²) in [5.41, 5.74) is 1.23. The van der Waals surface area contributed by atoms with Crippen LogP contribution in [-0.2, 0) is 0 Å². The summed E-state index contributed by atoms with van der Waals surface area (Å²) in [6.07, 6.45) is 0. The van der Waals surface area contributed by atoms with Crippen LogP contribution >= 0.6 is 11.3 Å². The van der Waals surface area contributed by atoms with Crippen LogP contribution in [0.25, 0.3) is 0 Å². The van der Waals surface area contributed by atoms with Gasteiger partial charge in [-0.25, -0.2) is 9.37 Å². The molecule has 2 N–H and O–H groups in total. The van der Waals surface area contributed by atoms with Gasteiger partial charge in [0.2, 0.25) is 0 Å². The SMILES string of the molecule is COc1cc(OC)cc(C(=O)Nc2nc(C(=O)Nc3ccc(C)c(F)c3)cs2)c1. The van der Waals surface area contributed by atoms with E-state index >= 15 is 0 Å². The predicted octanol–water partition coefficient (Wildman–Crippen LogP) is 4.11. The third-order valence-corrected chi connectivity index (χ3v) is 4.76. The van der Waals surface area contributed by atoms with E-state index in [1.807, 2.05) is 0 Å². The zero-order chi connectivity index (χ0) is 21.0. The van der Waals surface area contributed by atoms with Crippen LogP contribution in [0.4, 0.5) is 15.2 Å². The van der Waals surface area contributed by atoms with Crippen molar-refractivity contribution in [2.75, 3.05) is 24.9 Å². The second kappa shape index (κ2) is 8.70. The Bertz CT molecular complexity index is 1050. The molecular formula is C20H18FN3O4S. The molecular weight excluding hydrogens is 397 g/mol. The number of ether oxygens (including phenoxy) is 2. The monoisotopic (exact) mass is 415 g/mol. The molecule has 0 spiro atoms. The minimum atomic E-state index is -0.506. The van der Waals surface area contributed by atoms with E-state index in [1.165, 1.54) is 25.7 Å². The maximum atomic E-state index is 13.6. The maximum absolute atomic E-state index is 13.6. The number of aryl methyl sites for hydroxylation is 1. The van der Waals surface area contributed by atoms with Gasteiger partial charge >= 0.3 is 0 Å². The van der Waals surface area contributed by atoms with Gasteiger partial charge in [0.25, 0.3) is 11.8 Å². The number of hydrogen-bond donors (Lipinski definition) is 2. The second-order valence-electron chi connectivity index (χ2n) is 6.01. The molecule has 0 saturated heterocycles. The molecule has 0 bridgehead atoms. The number of carbonyl (C=O) groups excluding carboxylic acids is 2. The molecule has 0 radical (unpaired) electrons. The number of thiazole rings is 1. The lowest BCUT2D eigenvalue weighted by molar-refractivity contribution is 0.101. The molecule has 150 valence electrons. The lowest BCUT2D eigenvalue weighted by Crippen LogP contribution is -2.14. The highest BCUT2D eigenvalue weighted by Crippen LogP contribution is 2.24. The van der Waals surface area contributed by atoms with E-state index in [9.17, 15) is 14.0 Å². The highest BCUT2D eigenvalue weighted by molar-refractivity contribution is 7.14. The third kappa shape index (κ3) is 4.88.